The van der Waals surface area contributed by atoms with Gasteiger partial charge in [-0.05, 0) is 43.9 Å². The van der Waals surface area contributed by atoms with E-state index in [1.54, 1.807) is 30.9 Å². The lowest BCUT2D eigenvalue weighted by Crippen LogP contribution is -2.35. The number of amides is 1. The number of nitrogens with one attached hydrogen (secondary N) is 1. The standard InChI is InChI=1S/C22H24N6O2/c1-15-6-3-7-16(2)21(15)30-14-20(29)28-11-4-8-18(28)17-12-23-13-19(26-17)27-22-24-9-5-10-25-22/h3,5-7,9-10,12-13,18H,4,8,11,14H2,1-2H3,(H,24,25,26,27)/t18-/m0/s1. The topological polar surface area (TPSA) is 93.1 Å². The summed E-state index contributed by atoms with van der Waals surface area (Å²) in [7, 11) is 0. The minimum Gasteiger partial charge on any atom is -0.483 e. The Bertz CT molecular complexity index is 1010. The fourth-order valence-electron chi connectivity index (χ4n) is 3.70. The van der Waals surface area contributed by atoms with Crippen LogP contribution in [0.5, 0.6) is 5.75 Å². The van der Waals surface area contributed by atoms with Crippen LogP contribution in [-0.4, -0.2) is 43.9 Å². The molecule has 1 N–H and O–H groups in total. The zero-order chi connectivity index (χ0) is 20.9. The van der Waals surface area contributed by atoms with Crippen LogP contribution in [0, 0.1) is 13.8 Å². The van der Waals surface area contributed by atoms with Gasteiger partial charge in [0, 0.05) is 18.9 Å². The summed E-state index contributed by atoms with van der Waals surface area (Å²) in [6.07, 6.45) is 8.39. The van der Waals surface area contributed by atoms with Crippen molar-refractivity contribution in [1.29, 1.82) is 0 Å². The number of benzene rings is 1. The molecule has 1 aromatic carbocycles. The fraction of sp³-hybridized carbons (Fsp3) is 0.318. The number of anilines is 2. The van der Waals surface area contributed by atoms with Gasteiger partial charge in [-0.25, -0.2) is 15.0 Å². The number of likely N-dealkylation sites (tertiary alicyclic amines) is 1. The molecule has 1 saturated heterocycles. The van der Waals surface area contributed by atoms with Crippen molar-refractivity contribution >= 4 is 17.7 Å². The summed E-state index contributed by atoms with van der Waals surface area (Å²) in [5.74, 6) is 1.72. The molecule has 8 nitrogen and oxygen atoms in total. The van der Waals surface area contributed by atoms with Gasteiger partial charge in [-0.3, -0.25) is 9.78 Å². The Morgan fingerprint density at radius 3 is 2.70 bits per heavy atom. The minimum atomic E-state index is -0.120. The van der Waals surface area contributed by atoms with E-state index in [0.29, 0.717) is 18.3 Å². The molecule has 0 bridgehead atoms. The highest BCUT2D eigenvalue weighted by molar-refractivity contribution is 5.78. The number of carbonyl (C=O) groups is 1. The third-order valence-electron chi connectivity index (χ3n) is 5.12. The second-order valence-electron chi connectivity index (χ2n) is 7.28. The minimum absolute atomic E-state index is 0.00537. The van der Waals surface area contributed by atoms with E-state index >= 15 is 0 Å². The zero-order valence-electron chi connectivity index (χ0n) is 17.1. The quantitative estimate of drug-likeness (QED) is 0.673. The van der Waals surface area contributed by atoms with Crippen molar-refractivity contribution in [3.05, 3.63) is 65.9 Å². The van der Waals surface area contributed by atoms with E-state index in [9.17, 15) is 4.79 Å². The maximum Gasteiger partial charge on any atom is 0.261 e. The van der Waals surface area contributed by atoms with Crippen LogP contribution < -0.4 is 10.1 Å². The molecule has 3 heterocycles. The van der Waals surface area contributed by atoms with Gasteiger partial charge in [-0.2, -0.15) is 0 Å². The summed E-state index contributed by atoms with van der Waals surface area (Å²) >= 11 is 0. The van der Waals surface area contributed by atoms with E-state index in [1.807, 2.05) is 36.9 Å². The smallest absolute Gasteiger partial charge is 0.261 e. The summed E-state index contributed by atoms with van der Waals surface area (Å²) in [4.78, 5) is 32.0. The van der Waals surface area contributed by atoms with E-state index < -0.39 is 0 Å². The van der Waals surface area contributed by atoms with Crippen molar-refractivity contribution in [2.75, 3.05) is 18.5 Å². The molecule has 8 heteroatoms. The Kier molecular flexibility index (Phi) is 5.83. The van der Waals surface area contributed by atoms with Crippen molar-refractivity contribution < 1.29 is 9.53 Å². The van der Waals surface area contributed by atoms with Crippen LogP contribution in [0.4, 0.5) is 11.8 Å². The van der Waals surface area contributed by atoms with Crippen LogP contribution in [0.1, 0.15) is 35.7 Å². The SMILES string of the molecule is Cc1cccc(C)c1OCC(=O)N1CCC[C@H]1c1cncc(Nc2ncccn2)n1. The first-order valence-corrected chi connectivity index (χ1v) is 9.96. The lowest BCUT2D eigenvalue weighted by atomic mass is 10.1. The first-order valence-electron chi connectivity index (χ1n) is 9.96. The number of rotatable bonds is 6. The highest BCUT2D eigenvalue weighted by atomic mass is 16.5. The molecule has 1 amide bonds. The molecular formula is C22H24N6O2. The molecule has 0 saturated carbocycles. The van der Waals surface area contributed by atoms with E-state index in [-0.39, 0.29) is 18.6 Å². The summed E-state index contributed by atoms with van der Waals surface area (Å²) in [5, 5.41) is 3.05. The van der Waals surface area contributed by atoms with E-state index in [0.717, 1.165) is 35.4 Å². The molecule has 1 atom stereocenters. The third kappa shape index (κ3) is 4.37. The van der Waals surface area contributed by atoms with Gasteiger partial charge in [-0.15, -0.1) is 0 Å². The normalized spacial score (nSPS) is 15.8. The maximum atomic E-state index is 12.9. The van der Waals surface area contributed by atoms with E-state index in [1.165, 1.54) is 0 Å². The number of para-hydroxylation sites is 1. The number of aryl methyl sites for hydroxylation is 2. The lowest BCUT2D eigenvalue weighted by Gasteiger charge is -2.24. The molecule has 0 aliphatic carbocycles. The summed E-state index contributed by atoms with van der Waals surface area (Å²) in [6, 6.07) is 7.57. The summed E-state index contributed by atoms with van der Waals surface area (Å²) in [5.41, 5.74) is 2.79. The number of hydrogen-bond donors (Lipinski definition) is 1. The predicted octanol–water partition coefficient (Wildman–Crippen LogP) is 3.37. The number of hydrogen-bond acceptors (Lipinski definition) is 7. The van der Waals surface area contributed by atoms with E-state index in [4.69, 9.17) is 4.74 Å². The fourth-order valence-corrected chi connectivity index (χ4v) is 3.70. The van der Waals surface area contributed by atoms with Gasteiger partial charge in [0.1, 0.15) is 5.75 Å². The molecule has 0 spiro atoms. The van der Waals surface area contributed by atoms with Gasteiger partial charge in [0.15, 0.2) is 12.4 Å². The Morgan fingerprint density at radius 1 is 1.17 bits per heavy atom. The number of ether oxygens (including phenoxy) is 1. The summed E-state index contributed by atoms with van der Waals surface area (Å²) < 4.78 is 5.87. The van der Waals surface area contributed by atoms with Crippen molar-refractivity contribution in [2.24, 2.45) is 0 Å². The van der Waals surface area contributed by atoms with Crippen LogP contribution >= 0.6 is 0 Å². The predicted molar refractivity (Wildman–Crippen MR) is 112 cm³/mol. The van der Waals surface area contributed by atoms with Crippen molar-refractivity contribution in [3.63, 3.8) is 0 Å². The summed E-state index contributed by atoms with van der Waals surface area (Å²) in [6.45, 7) is 4.65. The average molecular weight is 404 g/mol. The molecule has 30 heavy (non-hydrogen) atoms. The molecular weight excluding hydrogens is 380 g/mol. The Morgan fingerprint density at radius 2 is 1.93 bits per heavy atom. The first-order chi connectivity index (χ1) is 14.6. The zero-order valence-corrected chi connectivity index (χ0v) is 17.1. The van der Waals surface area contributed by atoms with Crippen LogP contribution in [0.25, 0.3) is 0 Å². The molecule has 1 aliphatic heterocycles. The Hall–Kier alpha value is -3.55. The molecule has 3 aromatic rings. The van der Waals surface area contributed by atoms with Crippen LogP contribution in [0.2, 0.25) is 0 Å². The Balaban J connectivity index is 1.45. The largest absolute Gasteiger partial charge is 0.483 e. The molecule has 1 fully saturated rings. The van der Waals surface area contributed by atoms with Gasteiger partial charge in [0.05, 0.1) is 24.1 Å². The number of aromatic nitrogens is 4. The number of nitrogens with zero attached hydrogens (tertiary/aromatic N) is 5. The van der Waals surface area contributed by atoms with Gasteiger partial charge in [0.25, 0.3) is 5.91 Å². The third-order valence-corrected chi connectivity index (χ3v) is 5.12. The van der Waals surface area contributed by atoms with Gasteiger partial charge >= 0.3 is 0 Å². The number of carbonyl (C=O) groups excluding carboxylic acids is 1. The van der Waals surface area contributed by atoms with Gasteiger partial charge in [0.2, 0.25) is 5.95 Å². The van der Waals surface area contributed by atoms with Crippen molar-refractivity contribution in [2.45, 2.75) is 32.7 Å². The highest BCUT2D eigenvalue weighted by Gasteiger charge is 2.31. The van der Waals surface area contributed by atoms with E-state index in [2.05, 4.69) is 25.3 Å². The van der Waals surface area contributed by atoms with Crippen LogP contribution in [-0.2, 0) is 4.79 Å². The molecule has 0 unspecified atom stereocenters. The van der Waals surface area contributed by atoms with Crippen LogP contribution in [0.3, 0.4) is 0 Å². The van der Waals surface area contributed by atoms with Crippen molar-refractivity contribution in [3.8, 4) is 5.75 Å². The van der Waals surface area contributed by atoms with Gasteiger partial charge < -0.3 is 15.0 Å². The monoisotopic (exact) mass is 404 g/mol. The second kappa shape index (κ2) is 8.86. The first kappa shape index (κ1) is 19.8. The van der Waals surface area contributed by atoms with Crippen LogP contribution in [0.15, 0.2) is 49.1 Å². The average Bonchev–Trinajstić information content (AvgIpc) is 3.24. The molecule has 2 aromatic heterocycles. The maximum absolute atomic E-state index is 12.9. The van der Waals surface area contributed by atoms with Gasteiger partial charge in [-0.1, -0.05) is 18.2 Å². The second-order valence-corrected chi connectivity index (χ2v) is 7.28. The molecule has 1 aliphatic rings. The lowest BCUT2D eigenvalue weighted by molar-refractivity contribution is -0.134. The Labute approximate surface area is 175 Å². The van der Waals surface area contributed by atoms with Crippen molar-refractivity contribution in [1.82, 2.24) is 24.8 Å². The molecule has 4 rings (SSSR count). The molecule has 0 radical (unpaired) electrons. The highest BCUT2D eigenvalue weighted by Crippen LogP contribution is 2.31. The molecule has 154 valence electrons.